The standard InChI is InChI=1S/C17H28N2O10/c20-6-9(23)16(12(24)8(22)5-19-11-3-1-2-4-18-11)29-17-15(27)14(26)13(25)10(7-21)28-17/h1-4,8-10,12-17,20-27H,5-7H2,(H,18,19). The lowest BCUT2D eigenvalue weighted by atomic mass is 9.98. The van der Waals surface area contributed by atoms with E-state index in [0.717, 1.165) is 0 Å². The van der Waals surface area contributed by atoms with Crippen LogP contribution in [0.3, 0.4) is 0 Å². The second kappa shape index (κ2) is 11.1. The van der Waals surface area contributed by atoms with Gasteiger partial charge in [-0.25, -0.2) is 4.98 Å². The van der Waals surface area contributed by atoms with E-state index in [9.17, 15) is 40.9 Å². The number of rotatable bonds is 10. The molecule has 166 valence electrons. The van der Waals surface area contributed by atoms with Gasteiger partial charge >= 0.3 is 0 Å². The zero-order chi connectivity index (χ0) is 21.6. The highest BCUT2D eigenvalue weighted by Gasteiger charge is 2.46. The summed E-state index contributed by atoms with van der Waals surface area (Å²) in [7, 11) is 0. The molecule has 1 aliphatic heterocycles. The number of hydrogen-bond donors (Lipinski definition) is 9. The first kappa shape index (κ1) is 23.8. The Kier molecular flexibility index (Phi) is 9.10. The molecule has 9 unspecified atom stereocenters. The van der Waals surface area contributed by atoms with Crippen LogP contribution in [0.1, 0.15) is 0 Å². The van der Waals surface area contributed by atoms with Gasteiger partial charge in [-0.3, -0.25) is 0 Å². The average molecular weight is 420 g/mol. The van der Waals surface area contributed by atoms with Gasteiger partial charge in [-0.15, -0.1) is 0 Å². The highest BCUT2D eigenvalue weighted by atomic mass is 16.7. The van der Waals surface area contributed by atoms with Gasteiger partial charge < -0.3 is 55.6 Å². The molecule has 9 atom stereocenters. The zero-order valence-electron chi connectivity index (χ0n) is 15.5. The van der Waals surface area contributed by atoms with Crippen molar-refractivity contribution in [2.45, 2.75) is 55.1 Å². The molecule has 0 bridgehead atoms. The van der Waals surface area contributed by atoms with Crippen molar-refractivity contribution in [1.82, 2.24) is 4.98 Å². The van der Waals surface area contributed by atoms with Gasteiger partial charge in [-0.2, -0.15) is 0 Å². The topological polar surface area (TPSA) is 205 Å². The van der Waals surface area contributed by atoms with Gasteiger partial charge in [0, 0.05) is 12.7 Å². The fraction of sp³-hybridized carbons (Fsp3) is 0.706. The number of aliphatic hydroxyl groups is 8. The van der Waals surface area contributed by atoms with Crippen LogP contribution in [-0.4, -0.2) is 121 Å². The first-order valence-electron chi connectivity index (χ1n) is 9.06. The Morgan fingerprint density at radius 2 is 1.76 bits per heavy atom. The quantitative estimate of drug-likeness (QED) is 0.176. The van der Waals surface area contributed by atoms with Gasteiger partial charge in [-0.05, 0) is 12.1 Å². The summed E-state index contributed by atoms with van der Waals surface area (Å²) < 4.78 is 10.5. The molecule has 0 aliphatic carbocycles. The van der Waals surface area contributed by atoms with E-state index in [1.807, 2.05) is 0 Å². The predicted molar refractivity (Wildman–Crippen MR) is 96.5 cm³/mol. The molecule has 12 nitrogen and oxygen atoms in total. The molecule has 2 heterocycles. The molecular weight excluding hydrogens is 392 g/mol. The van der Waals surface area contributed by atoms with E-state index in [1.165, 1.54) is 6.20 Å². The Bertz CT molecular complexity index is 595. The molecule has 0 radical (unpaired) electrons. The lowest BCUT2D eigenvalue weighted by molar-refractivity contribution is -0.326. The Morgan fingerprint density at radius 3 is 2.34 bits per heavy atom. The second-order valence-electron chi connectivity index (χ2n) is 6.70. The fourth-order valence-electron chi connectivity index (χ4n) is 2.85. The lowest BCUT2D eigenvalue weighted by Gasteiger charge is -2.42. The number of aliphatic hydroxyl groups excluding tert-OH is 8. The van der Waals surface area contributed by atoms with Crippen molar-refractivity contribution in [3.63, 3.8) is 0 Å². The average Bonchev–Trinajstić information content (AvgIpc) is 2.75. The number of nitrogens with zero attached hydrogens (tertiary/aromatic N) is 1. The molecule has 0 spiro atoms. The summed E-state index contributed by atoms with van der Waals surface area (Å²) in [6.07, 6.45) is -13.1. The molecular formula is C17H28N2O10. The van der Waals surface area contributed by atoms with E-state index in [1.54, 1.807) is 18.2 Å². The molecule has 12 heteroatoms. The largest absolute Gasteiger partial charge is 0.394 e. The number of nitrogens with one attached hydrogen (secondary N) is 1. The molecule has 2 rings (SSSR count). The normalized spacial score (nSPS) is 31.7. The first-order valence-corrected chi connectivity index (χ1v) is 9.06. The van der Waals surface area contributed by atoms with Gasteiger partial charge in [0.2, 0.25) is 0 Å². The van der Waals surface area contributed by atoms with E-state index in [4.69, 9.17) is 9.47 Å². The van der Waals surface area contributed by atoms with Crippen LogP contribution in [0.25, 0.3) is 0 Å². The predicted octanol–water partition coefficient (Wildman–Crippen LogP) is -4.25. The zero-order valence-corrected chi connectivity index (χ0v) is 15.5. The van der Waals surface area contributed by atoms with Gasteiger partial charge in [0.1, 0.15) is 48.5 Å². The van der Waals surface area contributed by atoms with E-state index in [0.29, 0.717) is 5.82 Å². The number of pyridine rings is 1. The Morgan fingerprint density at radius 1 is 1.03 bits per heavy atom. The van der Waals surface area contributed by atoms with Crippen molar-refractivity contribution in [3.05, 3.63) is 24.4 Å². The Balaban J connectivity index is 2.05. The Hall–Kier alpha value is -1.45. The SMILES string of the molecule is OCC(O)C(OC1OC(CO)C(O)C(O)C1O)C(O)C(O)CNc1ccccn1. The van der Waals surface area contributed by atoms with Crippen molar-refractivity contribution in [2.75, 3.05) is 25.1 Å². The van der Waals surface area contributed by atoms with Crippen LogP contribution in [0, 0.1) is 0 Å². The van der Waals surface area contributed by atoms with Crippen LogP contribution >= 0.6 is 0 Å². The van der Waals surface area contributed by atoms with Crippen molar-refractivity contribution in [3.8, 4) is 0 Å². The van der Waals surface area contributed by atoms with Gasteiger partial charge in [0.25, 0.3) is 0 Å². The number of hydrogen-bond acceptors (Lipinski definition) is 12. The maximum atomic E-state index is 10.4. The van der Waals surface area contributed by atoms with E-state index in [2.05, 4.69) is 10.3 Å². The second-order valence-corrected chi connectivity index (χ2v) is 6.70. The van der Waals surface area contributed by atoms with Crippen LogP contribution in [-0.2, 0) is 9.47 Å². The molecule has 29 heavy (non-hydrogen) atoms. The van der Waals surface area contributed by atoms with Crippen molar-refractivity contribution >= 4 is 5.82 Å². The molecule has 1 fully saturated rings. The summed E-state index contributed by atoms with van der Waals surface area (Å²) >= 11 is 0. The minimum absolute atomic E-state index is 0.190. The first-order chi connectivity index (χ1) is 13.8. The molecule has 0 amide bonds. The van der Waals surface area contributed by atoms with Crippen LogP contribution in [0.5, 0.6) is 0 Å². The summed E-state index contributed by atoms with van der Waals surface area (Å²) in [6.45, 7) is -1.73. The highest BCUT2D eigenvalue weighted by Crippen LogP contribution is 2.25. The summed E-state index contributed by atoms with van der Waals surface area (Å²) in [6, 6.07) is 5.03. The van der Waals surface area contributed by atoms with Gasteiger partial charge in [0.15, 0.2) is 6.29 Å². The third-order valence-corrected chi connectivity index (χ3v) is 4.59. The van der Waals surface area contributed by atoms with E-state index < -0.39 is 68.3 Å². The summed E-state index contributed by atoms with van der Waals surface area (Å²) in [5, 5.41) is 81.6. The van der Waals surface area contributed by atoms with Crippen molar-refractivity contribution < 1.29 is 50.3 Å². The molecule has 0 aromatic carbocycles. The van der Waals surface area contributed by atoms with Crippen LogP contribution in [0.2, 0.25) is 0 Å². The van der Waals surface area contributed by atoms with E-state index >= 15 is 0 Å². The van der Waals surface area contributed by atoms with E-state index in [-0.39, 0.29) is 6.54 Å². The van der Waals surface area contributed by atoms with Gasteiger partial charge in [-0.1, -0.05) is 6.07 Å². The summed E-state index contributed by atoms with van der Waals surface area (Å²) in [4.78, 5) is 3.99. The van der Waals surface area contributed by atoms with Crippen LogP contribution in [0.15, 0.2) is 24.4 Å². The summed E-state index contributed by atoms with van der Waals surface area (Å²) in [5.74, 6) is 0.424. The third-order valence-electron chi connectivity index (χ3n) is 4.59. The molecule has 9 N–H and O–H groups in total. The maximum absolute atomic E-state index is 10.4. The summed E-state index contributed by atoms with van der Waals surface area (Å²) in [5.41, 5.74) is 0. The minimum atomic E-state index is -1.78. The Labute approximate surface area is 166 Å². The van der Waals surface area contributed by atoms with Crippen molar-refractivity contribution in [1.29, 1.82) is 0 Å². The smallest absolute Gasteiger partial charge is 0.187 e. The molecule has 1 aromatic heterocycles. The fourth-order valence-corrected chi connectivity index (χ4v) is 2.85. The number of anilines is 1. The minimum Gasteiger partial charge on any atom is -0.394 e. The molecule has 1 aromatic rings. The highest BCUT2D eigenvalue weighted by molar-refractivity contribution is 5.33. The molecule has 0 saturated carbocycles. The number of aromatic nitrogens is 1. The third kappa shape index (κ3) is 6.02. The monoisotopic (exact) mass is 420 g/mol. The molecule has 1 saturated heterocycles. The molecule has 1 aliphatic rings. The lowest BCUT2D eigenvalue weighted by Crippen LogP contribution is -2.61. The van der Waals surface area contributed by atoms with Gasteiger partial charge in [0.05, 0.1) is 19.3 Å². The van der Waals surface area contributed by atoms with Crippen LogP contribution < -0.4 is 5.32 Å². The maximum Gasteiger partial charge on any atom is 0.187 e. The number of ether oxygens (including phenoxy) is 2. The van der Waals surface area contributed by atoms with Crippen molar-refractivity contribution in [2.24, 2.45) is 0 Å². The van der Waals surface area contributed by atoms with Crippen LogP contribution in [0.4, 0.5) is 5.82 Å².